The minimum atomic E-state index is 0.502. The lowest BCUT2D eigenvalue weighted by molar-refractivity contribution is 0.122. The number of hydrogen-bond donors (Lipinski definition) is 0. The fraction of sp³-hybridized carbons (Fsp3) is 0.778. The molecule has 0 unspecified atom stereocenters. The number of allylic oxidation sites excluding steroid dienone is 1. The molecular weight excluding hydrogens is 204 g/mol. The maximum absolute atomic E-state index is 5.48. The first kappa shape index (κ1) is 9.27. The summed E-state index contributed by atoms with van der Waals surface area (Å²) >= 11 is 3.50. The maximum atomic E-state index is 5.48. The molecule has 0 radical (unpaired) electrons. The van der Waals surface area contributed by atoms with Crippen molar-refractivity contribution in [2.24, 2.45) is 5.41 Å². The van der Waals surface area contributed by atoms with Crippen LogP contribution in [0.1, 0.15) is 19.8 Å². The van der Waals surface area contributed by atoms with Crippen LogP contribution in [0.4, 0.5) is 0 Å². The van der Waals surface area contributed by atoms with Gasteiger partial charge in [-0.3, -0.25) is 0 Å². The molecule has 64 valence electrons. The monoisotopic (exact) mass is 218 g/mol. The molecule has 11 heavy (non-hydrogen) atoms. The Labute approximate surface area is 76.9 Å². The zero-order chi connectivity index (χ0) is 8.16. The van der Waals surface area contributed by atoms with Crippen molar-refractivity contribution < 1.29 is 4.74 Å². The summed E-state index contributed by atoms with van der Waals surface area (Å²) in [4.78, 5) is 0. The first-order valence-electron chi connectivity index (χ1n) is 4.08. The van der Waals surface area contributed by atoms with E-state index in [0.29, 0.717) is 5.41 Å². The molecule has 1 rings (SSSR count). The third-order valence-electron chi connectivity index (χ3n) is 2.10. The Bertz CT molecular complexity index is 138. The first-order chi connectivity index (χ1) is 5.33. The molecule has 0 heterocycles. The zero-order valence-electron chi connectivity index (χ0n) is 6.98. The van der Waals surface area contributed by atoms with E-state index in [1.54, 1.807) is 0 Å². The highest BCUT2D eigenvalue weighted by Crippen LogP contribution is 2.47. The normalized spacial score (nSPS) is 20.9. The van der Waals surface area contributed by atoms with Gasteiger partial charge in [0.1, 0.15) is 0 Å². The van der Waals surface area contributed by atoms with Gasteiger partial charge in [-0.25, -0.2) is 0 Å². The van der Waals surface area contributed by atoms with Crippen LogP contribution in [0.5, 0.6) is 0 Å². The van der Waals surface area contributed by atoms with Gasteiger partial charge in [0.25, 0.3) is 0 Å². The van der Waals surface area contributed by atoms with Crippen LogP contribution in [0, 0.1) is 5.41 Å². The van der Waals surface area contributed by atoms with E-state index < -0.39 is 0 Å². The van der Waals surface area contributed by atoms with Gasteiger partial charge >= 0.3 is 0 Å². The molecule has 0 atom stereocenters. The lowest BCUT2D eigenvalue weighted by Crippen LogP contribution is -2.11. The number of ether oxygens (including phenoxy) is 1. The molecule has 0 aromatic rings. The number of hydrogen-bond acceptors (Lipinski definition) is 1. The second kappa shape index (κ2) is 4.27. The predicted octanol–water partition coefficient (Wildman–Crippen LogP) is 2.75. The van der Waals surface area contributed by atoms with Crippen molar-refractivity contribution in [3.8, 4) is 0 Å². The predicted molar refractivity (Wildman–Crippen MR) is 51.1 cm³/mol. The van der Waals surface area contributed by atoms with Crippen LogP contribution in [-0.4, -0.2) is 18.5 Å². The highest BCUT2D eigenvalue weighted by molar-refractivity contribution is 9.09. The van der Waals surface area contributed by atoms with Crippen LogP contribution in [0.25, 0.3) is 0 Å². The van der Waals surface area contributed by atoms with Crippen molar-refractivity contribution in [3.63, 3.8) is 0 Å². The van der Waals surface area contributed by atoms with Crippen LogP contribution in [-0.2, 0) is 4.74 Å². The van der Waals surface area contributed by atoms with Crippen molar-refractivity contribution in [3.05, 3.63) is 12.2 Å². The summed E-state index contributed by atoms with van der Waals surface area (Å²) < 4.78 is 5.48. The van der Waals surface area contributed by atoms with Gasteiger partial charge in [0.05, 0.1) is 13.2 Å². The highest BCUT2D eigenvalue weighted by atomic mass is 79.9. The molecule has 1 aliphatic rings. The number of alkyl halides is 1. The van der Waals surface area contributed by atoms with E-state index in [1.807, 2.05) is 19.1 Å². The molecule has 1 aliphatic carbocycles. The van der Waals surface area contributed by atoms with Crippen LogP contribution in [0.15, 0.2) is 12.2 Å². The standard InChI is InChI=1S/C9H15BrO/c1-2-3-6-11-8-9(7-10)4-5-9/h2-3H,4-8H2,1H3. The molecule has 1 fully saturated rings. The molecule has 0 amide bonds. The van der Waals surface area contributed by atoms with Crippen LogP contribution >= 0.6 is 15.9 Å². The largest absolute Gasteiger partial charge is 0.377 e. The summed E-state index contributed by atoms with van der Waals surface area (Å²) in [6, 6.07) is 0. The highest BCUT2D eigenvalue weighted by Gasteiger charge is 2.41. The third kappa shape index (κ3) is 2.96. The lowest BCUT2D eigenvalue weighted by Gasteiger charge is -2.09. The van der Waals surface area contributed by atoms with Crippen LogP contribution in [0.3, 0.4) is 0 Å². The molecule has 2 heteroatoms. The van der Waals surface area contributed by atoms with Crippen molar-refractivity contribution in [2.45, 2.75) is 19.8 Å². The van der Waals surface area contributed by atoms with Crippen molar-refractivity contribution >= 4 is 15.9 Å². The van der Waals surface area contributed by atoms with Gasteiger partial charge in [-0.05, 0) is 19.8 Å². The molecule has 0 bridgehead atoms. The van der Waals surface area contributed by atoms with E-state index in [1.165, 1.54) is 12.8 Å². The minimum absolute atomic E-state index is 0.502. The van der Waals surface area contributed by atoms with E-state index in [-0.39, 0.29) is 0 Å². The SMILES string of the molecule is CC=CCOCC1(CBr)CC1. The van der Waals surface area contributed by atoms with Gasteiger partial charge in [-0.15, -0.1) is 0 Å². The summed E-state index contributed by atoms with van der Waals surface area (Å²) in [6.45, 7) is 3.70. The summed E-state index contributed by atoms with van der Waals surface area (Å²) in [6.07, 6.45) is 6.72. The Morgan fingerprint density at radius 2 is 2.27 bits per heavy atom. The number of halogens is 1. The lowest BCUT2D eigenvalue weighted by atomic mass is 10.2. The van der Waals surface area contributed by atoms with Crippen molar-refractivity contribution in [2.75, 3.05) is 18.5 Å². The Balaban J connectivity index is 2.03. The molecular formula is C9H15BrO. The first-order valence-corrected chi connectivity index (χ1v) is 5.20. The van der Waals surface area contributed by atoms with Gasteiger partial charge in [0.2, 0.25) is 0 Å². The molecule has 0 spiro atoms. The second-order valence-corrected chi connectivity index (χ2v) is 3.78. The summed E-state index contributed by atoms with van der Waals surface area (Å²) in [5.41, 5.74) is 0.502. The molecule has 0 N–H and O–H groups in total. The average molecular weight is 219 g/mol. The average Bonchev–Trinajstić information content (AvgIpc) is 2.80. The molecule has 0 saturated heterocycles. The molecule has 1 nitrogen and oxygen atoms in total. The molecule has 0 aliphatic heterocycles. The van der Waals surface area contributed by atoms with Gasteiger partial charge in [-0.2, -0.15) is 0 Å². The zero-order valence-corrected chi connectivity index (χ0v) is 8.56. The molecule has 0 aromatic carbocycles. The second-order valence-electron chi connectivity index (χ2n) is 3.22. The van der Waals surface area contributed by atoms with Gasteiger partial charge in [0, 0.05) is 10.7 Å². The van der Waals surface area contributed by atoms with Gasteiger partial charge in [0.15, 0.2) is 0 Å². The van der Waals surface area contributed by atoms with Crippen LogP contribution < -0.4 is 0 Å². The maximum Gasteiger partial charge on any atom is 0.0647 e. The van der Waals surface area contributed by atoms with Crippen molar-refractivity contribution in [1.29, 1.82) is 0 Å². The topological polar surface area (TPSA) is 9.23 Å². The fourth-order valence-electron chi connectivity index (χ4n) is 0.933. The number of rotatable bonds is 5. The smallest absolute Gasteiger partial charge is 0.0647 e. The van der Waals surface area contributed by atoms with E-state index in [0.717, 1.165) is 18.5 Å². The Kier molecular flexibility index (Phi) is 3.60. The van der Waals surface area contributed by atoms with Gasteiger partial charge < -0.3 is 4.74 Å². The third-order valence-corrected chi connectivity index (χ3v) is 3.29. The molecule has 1 saturated carbocycles. The van der Waals surface area contributed by atoms with E-state index in [4.69, 9.17) is 4.74 Å². The molecule has 0 aromatic heterocycles. The summed E-state index contributed by atoms with van der Waals surface area (Å²) in [5, 5.41) is 1.09. The Morgan fingerprint density at radius 3 is 2.73 bits per heavy atom. The van der Waals surface area contributed by atoms with Crippen molar-refractivity contribution in [1.82, 2.24) is 0 Å². The Hall–Kier alpha value is 0.180. The van der Waals surface area contributed by atoms with E-state index in [9.17, 15) is 0 Å². The minimum Gasteiger partial charge on any atom is -0.377 e. The Morgan fingerprint density at radius 1 is 1.55 bits per heavy atom. The van der Waals surface area contributed by atoms with Crippen LogP contribution in [0.2, 0.25) is 0 Å². The van der Waals surface area contributed by atoms with Gasteiger partial charge in [-0.1, -0.05) is 28.1 Å². The van der Waals surface area contributed by atoms with E-state index in [2.05, 4.69) is 15.9 Å². The summed E-state index contributed by atoms with van der Waals surface area (Å²) in [7, 11) is 0. The fourth-order valence-corrected chi connectivity index (χ4v) is 1.66. The summed E-state index contributed by atoms with van der Waals surface area (Å²) in [5.74, 6) is 0. The van der Waals surface area contributed by atoms with E-state index >= 15 is 0 Å². The quantitative estimate of drug-likeness (QED) is 0.392.